The average Bonchev–Trinajstić information content (AvgIpc) is 3.39. The summed E-state index contributed by atoms with van der Waals surface area (Å²) in [6.07, 6.45) is -0.535. The molecule has 0 aromatic carbocycles. The van der Waals surface area contributed by atoms with Gasteiger partial charge in [0.05, 0.1) is 29.6 Å². The maximum absolute atomic E-state index is 13.1. The predicted octanol–water partition coefficient (Wildman–Crippen LogP) is 3.37. The summed E-state index contributed by atoms with van der Waals surface area (Å²) >= 11 is 2.79. The van der Waals surface area contributed by atoms with E-state index in [1.54, 1.807) is 31.4 Å². The van der Waals surface area contributed by atoms with Crippen LogP contribution in [0.3, 0.4) is 0 Å². The molecular weight excluding hydrogens is 386 g/mol. The molecule has 2 unspecified atom stereocenters. The van der Waals surface area contributed by atoms with Gasteiger partial charge in [-0.25, -0.2) is 0 Å². The number of carbonyl (C=O) groups excluding carboxylic acids is 2. The zero-order valence-corrected chi connectivity index (χ0v) is 16.5. The summed E-state index contributed by atoms with van der Waals surface area (Å²) < 4.78 is 11.6. The van der Waals surface area contributed by atoms with Gasteiger partial charge in [-0.1, -0.05) is 12.1 Å². The van der Waals surface area contributed by atoms with Gasteiger partial charge in [-0.2, -0.15) is 0 Å². The highest BCUT2D eigenvalue weighted by Crippen LogP contribution is 2.37. The number of hydrogen-bond acceptors (Lipinski definition) is 7. The Bertz CT molecular complexity index is 885. The Morgan fingerprint density at radius 1 is 1.30 bits per heavy atom. The number of ketones is 1. The summed E-state index contributed by atoms with van der Waals surface area (Å²) in [4.78, 5) is 28.8. The van der Waals surface area contributed by atoms with Crippen LogP contribution >= 0.6 is 22.7 Å². The molecular formula is C19H19NO5S2. The van der Waals surface area contributed by atoms with Crippen LogP contribution in [0.1, 0.15) is 28.4 Å². The van der Waals surface area contributed by atoms with Gasteiger partial charge in [0.25, 0.3) is 5.91 Å². The molecule has 6 nitrogen and oxygen atoms in total. The normalized spacial score (nSPS) is 24.8. The average molecular weight is 405 g/mol. The molecule has 0 aliphatic carbocycles. The monoisotopic (exact) mass is 405 g/mol. The molecule has 0 spiro atoms. The van der Waals surface area contributed by atoms with E-state index in [4.69, 9.17) is 9.47 Å². The van der Waals surface area contributed by atoms with Crippen molar-refractivity contribution in [2.45, 2.75) is 38.3 Å². The lowest BCUT2D eigenvalue weighted by Gasteiger charge is -2.30. The molecule has 4 heterocycles. The molecule has 27 heavy (non-hydrogen) atoms. The molecule has 2 aliphatic heterocycles. The first-order valence-corrected chi connectivity index (χ1v) is 10.3. The fourth-order valence-corrected chi connectivity index (χ4v) is 4.83. The largest absolute Gasteiger partial charge is 0.503 e. The third-order valence-corrected chi connectivity index (χ3v) is 6.36. The number of carbonyl (C=O) groups is 2. The lowest BCUT2D eigenvalue weighted by atomic mass is 9.97. The van der Waals surface area contributed by atoms with Crippen molar-refractivity contribution in [3.8, 4) is 0 Å². The summed E-state index contributed by atoms with van der Waals surface area (Å²) in [7, 11) is 0. The Labute approximate surface area is 164 Å². The third-order valence-electron chi connectivity index (χ3n) is 4.63. The van der Waals surface area contributed by atoms with Gasteiger partial charge in [-0.3, -0.25) is 9.59 Å². The highest BCUT2D eigenvalue weighted by atomic mass is 32.1. The van der Waals surface area contributed by atoms with E-state index >= 15 is 0 Å². The summed E-state index contributed by atoms with van der Waals surface area (Å²) in [5.74, 6) is -2.20. The molecule has 2 aliphatic rings. The maximum atomic E-state index is 13.1. The van der Waals surface area contributed by atoms with E-state index in [1.807, 2.05) is 17.5 Å². The van der Waals surface area contributed by atoms with Gasteiger partial charge in [0.2, 0.25) is 5.78 Å². The number of aliphatic hydroxyl groups is 1. The van der Waals surface area contributed by atoms with Crippen LogP contribution in [0.4, 0.5) is 0 Å². The van der Waals surface area contributed by atoms with Crippen LogP contribution < -0.4 is 0 Å². The molecule has 1 N–H and O–H groups in total. The van der Waals surface area contributed by atoms with Crippen LogP contribution in [-0.2, 0) is 20.8 Å². The molecule has 2 atom stereocenters. The van der Waals surface area contributed by atoms with E-state index in [2.05, 4.69) is 0 Å². The van der Waals surface area contributed by atoms with Crippen molar-refractivity contribution in [3.05, 3.63) is 56.1 Å². The molecule has 142 valence electrons. The first-order valence-electron chi connectivity index (χ1n) is 8.54. The summed E-state index contributed by atoms with van der Waals surface area (Å²) in [6.45, 7) is 4.11. The number of hydrogen-bond donors (Lipinski definition) is 1. The number of amides is 1. The van der Waals surface area contributed by atoms with E-state index in [-0.39, 0.29) is 18.0 Å². The number of ether oxygens (including phenoxy) is 2. The van der Waals surface area contributed by atoms with E-state index < -0.39 is 29.6 Å². The standard InChI is InChI=1S/C19H19NO5S2/c1-19(2)24-10-12(25-19)15-14(16(21)13-6-4-8-27-13)17(22)18(23)20(15)9-11-5-3-7-26-11/h3-8,12,15,22H,9-10H2,1-2H3. The summed E-state index contributed by atoms with van der Waals surface area (Å²) in [5.41, 5.74) is 0.0882. The molecule has 4 rings (SSSR count). The number of rotatable bonds is 5. The van der Waals surface area contributed by atoms with Crippen molar-refractivity contribution in [1.82, 2.24) is 4.90 Å². The van der Waals surface area contributed by atoms with E-state index in [9.17, 15) is 14.7 Å². The van der Waals surface area contributed by atoms with Gasteiger partial charge in [0.15, 0.2) is 11.5 Å². The first-order chi connectivity index (χ1) is 12.9. The number of thiophene rings is 2. The van der Waals surface area contributed by atoms with E-state index in [1.165, 1.54) is 27.6 Å². The highest BCUT2D eigenvalue weighted by Gasteiger charge is 2.50. The Hall–Kier alpha value is -2.00. The minimum Gasteiger partial charge on any atom is -0.503 e. The van der Waals surface area contributed by atoms with Crippen LogP contribution in [0.2, 0.25) is 0 Å². The van der Waals surface area contributed by atoms with Crippen molar-refractivity contribution < 1.29 is 24.2 Å². The van der Waals surface area contributed by atoms with Gasteiger partial charge < -0.3 is 19.5 Å². The Balaban J connectivity index is 1.72. The Kier molecular flexibility index (Phi) is 4.67. The van der Waals surface area contributed by atoms with Gasteiger partial charge >= 0.3 is 0 Å². The third kappa shape index (κ3) is 3.34. The quantitative estimate of drug-likeness (QED) is 0.772. The molecule has 2 aromatic rings. The molecule has 0 bridgehead atoms. The van der Waals surface area contributed by atoms with Crippen molar-refractivity contribution in [2.24, 2.45) is 0 Å². The lowest BCUT2D eigenvalue weighted by molar-refractivity contribution is -0.149. The molecule has 8 heteroatoms. The zero-order valence-electron chi connectivity index (χ0n) is 14.9. The molecule has 0 radical (unpaired) electrons. The molecule has 1 saturated heterocycles. The SMILES string of the molecule is CC1(C)OCC(C2C(C(=O)c3cccs3)=C(O)C(=O)N2Cc2cccs2)O1. The molecule has 1 fully saturated rings. The second-order valence-corrected chi connectivity index (χ2v) is 8.87. The second-order valence-electron chi connectivity index (χ2n) is 6.89. The highest BCUT2D eigenvalue weighted by molar-refractivity contribution is 7.12. The summed E-state index contributed by atoms with van der Waals surface area (Å²) in [6, 6.07) is 6.58. The van der Waals surface area contributed by atoms with E-state index in [0.717, 1.165) is 4.88 Å². The van der Waals surface area contributed by atoms with E-state index in [0.29, 0.717) is 11.4 Å². The van der Waals surface area contributed by atoms with Gasteiger partial charge in [0, 0.05) is 4.88 Å². The second kappa shape index (κ2) is 6.87. The summed E-state index contributed by atoms with van der Waals surface area (Å²) in [5, 5.41) is 14.3. The molecule has 1 amide bonds. The first kappa shape index (κ1) is 18.4. The topological polar surface area (TPSA) is 76.1 Å². The Morgan fingerprint density at radius 2 is 2.04 bits per heavy atom. The fraction of sp³-hybridized carbons (Fsp3) is 0.368. The number of aliphatic hydroxyl groups excluding tert-OH is 1. The van der Waals surface area contributed by atoms with Crippen LogP contribution in [0.5, 0.6) is 0 Å². The van der Waals surface area contributed by atoms with Crippen molar-refractivity contribution in [3.63, 3.8) is 0 Å². The van der Waals surface area contributed by atoms with Gasteiger partial charge in [-0.15, -0.1) is 22.7 Å². The van der Waals surface area contributed by atoms with Crippen LogP contribution in [0.15, 0.2) is 46.4 Å². The van der Waals surface area contributed by atoms with Crippen molar-refractivity contribution in [2.75, 3.05) is 6.61 Å². The number of nitrogens with zero attached hydrogens (tertiary/aromatic N) is 1. The van der Waals surface area contributed by atoms with Gasteiger partial charge in [-0.05, 0) is 36.7 Å². The number of Topliss-reactive ketones (excluding diaryl/α,β-unsaturated/α-hetero) is 1. The van der Waals surface area contributed by atoms with Crippen molar-refractivity contribution in [1.29, 1.82) is 0 Å². The zero-order chi connectivity index (χ0) is 19.2. The minimum atomic E-state index is -0.808. The smallest absolute Gasteiger partial charge is 0.290 e. The van der Waals surface area contributed by atoms with Gasteiger partial charge in [0.1, 0.15) is 6.10 Å². The Morgan fingerprint density at radius 3 is 2.63 bits per heavy atom. The van der Waals surface area contributed by atoms with Crippen LogP contribution in [0, 0.1) is 0 Å². The molecule has 2 aromatic heterocycles. The fourth-order valence-electron chi connectivity index (χ4n) is 3.45. The van der Waals surface area contributed by atoms with Crippen LogP contribution in [0.25, 0.3) is 0 Å². The predicted molar refractivity (Wildman–Crippen MR) is 102 cm³/mol. The minimum absolute atomic E-state index is 0.0882. The maximum Gasteiger partial charge on any atom is 0.290 e. The van der Waals surface area contributed by atoms with Crippen molar-refractivity contribution >= 4 is 34.4 Å². The van der Waals surface area contributed by atoms with Crippen LogP contribution in [-0.4, -0.2) is 46.2 Å². The lowest BCUT2D eigenvalue weighted by Crippen LogP contribution is -2.45. The molecule has 0 saturated carbocycles.